The second-order valence-corrected chi connectivity index (χ2v) is 11.5. The third kappa shape index (κ3) is 7.02. The minimum Gasteiger partial charge on any atom is -0.367 e. The monoisotopic (exact) mass is 619 g/mol. The van der Waals surface area contributed by atoms with Gasteiger partial charge in [0.25, 0.3) is 0 Å². The van der Waals surface area contributed by atoms with Crippen LogP contribution >= 0.6 is 0 Å². The molecule has 3 aromatic heterocycles. The highest BCUT2D eigenvalue weighted by molar-refractivity contribution is 5.83. The number of amides is 2. The smallest absolute Gasteiger partial charge is 0.229 e. The topological polar surface area (TPSA) is 112 Å². The van der Waals surface area contributed by atoms with Gasteiger partial charge in [0, 0.05) is 64.2 Å². The van der Waals surface area contributed by atoms with Crippen LogP contribution in [0.3, 0.4) is 0 Å². The highest BCUT2D eigenvalue weighted by Crippen LogP contribution is 2.30. The minimum atomic E-state index is -0.676. The maximum Gasteiger partial charge on any atom is 0.229 e. The molecule has 13 heteroatoms. The van der Waals surface area contributed by atoms with E-state index in [4.69, 9.17) is 0 Å². The zero-order valence-electron chi connectivity index (χ0n) is 26.3. The highest BCUT2D eigenvalue weighted by atomic mass is 19.1. The van der Waals surface area contributed by atoms with Gasteiger partial charge in [-0.25, -0.2) is 28.7 Å². The average Bonchev–Trinajstić information content (AvgIpc) is 3.38. The number of hydrogen-bond acceptors (Lipinski definition) is 8. The first-order chi connectivity index (χ1) is 21.5. The lowest BCUT2D eigenvalue weighted by Crippen LogP contribution is -2.48. The van der Waals surface area contributed by atoms with Crippen molar-refractivity contribution >= 4 is 40.3 Å². The predicted octanol–water partition coefficient (Wildman–Crippen LogP) is 5.10. The van der Waals surface area contributed by atoms with Crippen LogP contribution in [-0.2, 0) is 9.59 Å². The number of aryl methyl sites for hydroxylation is 1. The molecule has 5 rings (SSSR count). The van der Waals surface area contributed by atoms with Crippen molar-refractivity contribution in [2.45, 2.75) is 53.0 Å². The van der Waals surface area contributed by atoms with Crippen LogP contribution in [0.2, 0.25) is 0 Å². The number of nitrogens with zero attached hydrogens (tertiary/aromatic N) is 8. The summed E-state index contributed by atoms with van der Waals surface area (Å²) in [6.07, 6.45) is 4.07. The van der Waals surface area contributed by atoms with Gasteiger partial charge in [0.1, 0.15) is 22.9 Å². The largest absolute Gasteiger partial charge is 0.367 e. The van der Waals surface area contributed by atoms with E-state index in [9.17, 15) is 14.0 Å². The van der Waals surface area contributed by atoms with E-state index in [1.807, 2.05) is 43.2 Å². The third-order valence-electron chi connectivity index (χ3n) is 8.13. The van der Waals surface area contributed by atoms with Gasteiger partial charge in [0.05, 0.1) is 23.6 Å². The first-order valence-electron chi connectivity index (χ1n) is 15.3. The quantitative estimate of drug-likeness (QED) is 0.261. The van der Waals surface area contributed by atoms with Crippen molar-refractivity contribution in [2.24, 2.45) is 0 Å². The number of pyridine rings is 1. The summed E-state index contributed by atoms with van der Waals surface area (Å²) >= 11 is 0. The SMILES string of the molecule is CCN(C)C(=O)CCCC(=O)N1CCN(c2ccc(Nc3ncc(F)c(-c4cc(F)c5nc(C)n(C(C)C)c5c4)n3)nc2)CC1. The molecule has 0 unspecified atom stereocenters. The first-order valence-corrected chi connectivity index (χ1v) is 15.3. The second kappa shape index (κ2) is 13.5. The molecular weight excluding hydrogens is 580 g/mol. The van der Waals surface area contributed by atoms with Crippen molar-refractivity contribution in [2.75, 3.05) is 50.0 Å². The number of benzene rings is 1. The van der Waals surface area contributed by atoms with E-state index in [1.165, 1.54) is 6.07 Å². The fourth-order valence-electron chi connectivity index (χ4n) is 5.58. The maximum atomic E-state index is 15.0. The van der Waals surface area contributed by atoms with Gasteiger partial charge in [-0.2, -0.15) is 0 Å². The molecule has 4 heterocycles. The number of nitrogens with one attached hydrogen (secondary N) is 1. The van der Waals surface area contributed by atoms with Crippen molar-refractivity contribution in [3.63, 3.8) is 0 Å². The number of fused-ring (bicyclic) bond motifs is 1. The van der Waals surface area contributed by atoms with Gasteiger partial charge in [0.15, 0.2) is 11.6 Å². The van der Waals surface area contributed by atoms with Crippen molar-refractivity contribution in [1.29, 1.82) is 0 Å². The molecule has 0 radical (unpaired) electrons. The van der Waals surface area contributed by atoms with Crippen LogP contribution in [0.5, 0.6) is 0 Å². The van der Waals surface area contributed by atoms with Gasteiger partial charge in [-0.05, 0) is 58.4 Å². The number of piperazine rings is 1. The van der Waals surface area contributed by atoms with Gasteiger partial charge in [-0.3, -0.25) is 9.59 Å². The van der Waals surface area contributed by atoms with Crippen LogP contribution in [0.25, 0.3) is 22.3 Å². The lowest BCUT2D eigenvalue weighted by molar-refractivity contribution is -0.132. The van der Waals surface area contributed by atoms with Crippen LogP contribution in [0.4, 0.5) is 26.2 Å². The summed E-state index contributed by atoms with van der Waals surface area (Å²) in [6, 6.07) is 6.66. The van der Waals surface area contributed by atoms with E-state index in [1.54, 1.807) is 30.3 Å². The van der Waals surface area contributed by atoms with E-state index in [-0.39, 0.29) is 40.6 Å². The molecule has 0 atom stereocenters. The Morgan fingerprint density at radius 3 is 2.42 bits per heavy atom. The van der Waals surface area contributed by atoms with Crippen molar-refractivity contribution in [3.05, 3.63) is 54.1 Å². The number of anilines is 3. The summed E-state index contributed by atoms with van der Waals surface area (Å²) in [5.41, 5.74) is 1.95. The molecule has 1 aliphatic heterocycles. The number of carbonyl (C=O) groups excluding carboxylic acids is 2. The maximum absolute atomic E-state index is 15.0. The Labute approximate surface area is 261 Å². The molecule has 1 fully saturated rings. The number of imidazole rings is 1. The Hall–Kier alpha value is -4.68. The molecule has 1 aromatic carbocycles. The van der Waals surface area contributed by atoms with Crippen molar-refractivity contribution in [1.82, 2.24) is 34.3 Å². The molecule has 1 aliphatic rings. The summed E-state index contributed by atoms with van der Waals surface area (Å²) in [5.74, 6) is 0.162. The minimum absolute atomic E-state index is 0.0357. The van der Waals surface area contributed by atoms with Gasteiger partial charge in [-0.1, -0.05) is 0 Å². The Morgan fingerprint density at radius 2 is 1.76 bits per heavy atom. The van der Waals surface area contributed by atoms with E-state index < -0.39 is 11.6 Å². The predicted molar refractivity (Wildman–Crippen MR) is 169 cm³/mol. The molecule has 0 bridgehead atoms. The van der Waals surface area contributed by atoms with Crippen LogP contribution in [0.15, 0.2) is 36.7 Å². The van der Waals surface area contributed by atoms with Crippen molar-refractivity contribution in [3.8, 4) is 11.3 Å². The van der Waals surface area contributed by atoms with E-state index in [2.05, 4.69) is 30.2 Å². The second-order valence-electron chi connectivity index (χ2n) is 11.5. The van der Waals surface area contributed by atoms with Gasteiger partial charge in [-0.15, -0.1) is 0 Å². The number of carbonyl (C=O) groups is 2. The lowest BCUT2D eigenvalue weighted by Gasteiger charge is -2.36. The van der Waals surface area contributed by atoms with Gasteiger partial charge < -0.3 is 24.6 Å². The standard InChI is InChI=1S/C32H39F2N9O2/c1-6-40(5)28(44)8-7-9-29(45)42-14-12-41(13-15-42)23-10-11-27(35-18-23)38-32-36-19-25(34)30(39-32)22-16-24(33)31-26(17-22)43(20(2)3)21(4)37-31/h10-11,16-20H,6-9,12-15H2,1-5H3,(H,35,36,38,39). The molecule has 0 aliphatic carbocycles. The third-order valence-corrected chi connectivity index (χ3v) is 8.13. The zero-order chi connectivity index (χ0) is 32.2. The number of rotatable bonds is 10. The number of aromatic nitrogens is 5. The fourth-order valence-corrected chi connectivity index (χ4v) is 5.58. The van der Waals surface area contributed by atoms with Crippen LogP contribution in [0, 0.1) is 18.6 Å². The summed E-state index contributed by atoms with van der Waals surface area (Å²) in [4.78, 5) is 47.5. The van der Waals surface area contributed by atoms with E-state index in [0.29, 0.717) is 69.1 Å². The van der Waals surface area contributed by atoms with Crippen LogP contribution in [0.1, 0.15) is 51.9 Å². The molecule has 45 heavy (non-hydrogen) atoms. The van der Waals surface area contributed by atoms with Gasteiger partial charge in [0.2, 0.25) is 17.8 Å². The van der Waals surface area contributed by atoms with Crippen LogP contribution < -0.4 is 10.2 Å². The highest BCUT2D eigenvalue weighted by Gasteiger charge is 2.22. The molecule has 1 saturated heterocycles. The van der Waals surface area contributed by atoms with Crippen molar-refractivity contribution < 1.29 is 18.4 Å². The summed E-state index contributed by atoms with van der Waals surface area (Å²) < 4.78 is 31.8. The Bertz CT molecular complexity index is 1680. The molecule has 1 N–H and O–H groups in total. The molecular formula is C32H39F2N9O2. The fraction of sp³-hybridized carbons (Fsp3) is 0.438. The Balaban J connectivity index is 1.21. The first kappa shape index (κ1) is 31.7. The molecule has 11 nitrogen and oxygen atoms in total. The van der Waals surface area contributed by atoms with E-state index in [0.717, 1.165) is 11.9 Å². The van der Waals surface area contributed by atoms with E-state index >= 15 is 4.39 Å². The van der Waals surface area contributed by atoms with Gasteiger partial charge >= 0.3 is 0 Å². The normalized spacial score (nSPS) is 13.5. The molecule has 4 aromatic rings. The Kier molecular flexibility index (Phi) is 9.54. The summed E-state index contributed by atoms with van der Waals surface area (Å²) in [6.45, 7) is 10.9. The Morgan fingerprint density at radius 1 is 1.00 bits per heavy atom. The lowest BCUT2D eigenvalue weighted by atomic mass is 10.1. The number of hydrogen-bond donors (Lipinski definition) is 1. The molecule has 238 valence electrons. The van der Waals surface area contributed by atoms with Crippen LogP contribution in [-0.4, -0.2) is 85.9 Å². The zero-order valence-corrected chi connectivity index (χ0v) is 26.3. The molecule has 0 saturated carbocycles. The summed E-state index contributed by atoms with van der Waals surface area (Å²) in [7, 11) is 1.77. The molecule has 0 spiro atoms. The molecule has 2 amide bonds. The number of halogens is 2. The average molecular weight is 620 g/mol. The summed E-state index contributed by atoms with van der Waals surface area (Å²) in [5, 5.41) is 3.01.